The van der Waals surface area contributed by atoms with E-state index in [2.05, 4.69) is 10.6 Å². The Morgan fingerprint density at radius 2 is 1.61 bits per heavy atom. The number of amides is 1. The molecule has 5 rings (SSSR count). The third kappa shape index (κ3) is 6.06. The van der Waals surface area contributed by atoms with Crippen LogP contribution < -0.4 is 10.6 Å². The van der Waals surface area contributed by atoms with Gasteiger partial charge in [0.05, 0.1) is 12.1 Å². The fourth-order valence-electron chi connectivity index (χ4n) is 6.06. The fourth-order valence-corrected chi connectivity index (χ4v) is 6.06. The third-order valence-electron chi connectivity index (χ3n) is 7.90. The summed E-state index contributed by atoms with van der Waals surface area (Å²) in [6.45, 7) is 5.32. The highest BCUT2D eigenvalue weighted by Crippen LogP contribution is 2.43. The van der Waals surface area contributed by atoms with E-state index in [-0.39, 0.29) is 18.6 Å². The molecule has 0 saturated heterocycles. The van der Waals surface area contributed by atoms with Gasteiger partial charge in [0.2, 0.25) is 0 Å². The average molecular weight is 555 g/mol. The molecule has 41 heavy (non-hydrogen) atoms. The van der Waals surface area contributed by atoms with Crippen molar-refractivity contribution >= 4 is 11.9 Å². The number of aliphatic hydroxyl groups excluding tert-OH is 2. The lowest BCUT2D eigenvalue weighted by atomic mass is 9.75. The SMILES string of the molecule is CC(C)(C)OC(=O)N[C@@H](Cc1ccccc1)[C@@H](O)[C@@]1(Cc2ccccc2)NC=C([C@H]2c3ccccc3C[C@@H]2O)C1=O. The lowest BCUT2D eigenvalue weighted by Gasteiger charge is -2.39. The monoisotopic (exact) mass is 554 g/mol. The first-order valence-corrected chi connectivity index (χ1v) is 14.1. The van der Waals surface area contributed by atoms with E-state index >= 15 is 0 Å². The van der Waals surface area contributed by atoms with Gasteiger partial charge in [-0.05, 0) is 55.9 Å². The van der Waals surface area contributed by atoms with Gasteiger partial charge >= 0.3 is 6.09 Å². The van der Waals surface area contributed by atoms with Crippen LogP contribution in [0.2, 0.25) is 0 Å². The minimum atomic E-state index is -1.48. The van der Waals surface area contributed by atoms with Crippen molar-refractivity contribution in [1.29, 1.82) is 0 Å². The van der Waals surface area contributed by atoms with Crippen molar-refractivity contribution in [3.05, 3.63) is 119 Å². The third-order valence-corrected chi connectivity index (χ3v) is 7.90. The summed E-state index contributed by atoms with van der Waals surface area (Å²) in [6.07, 6.45) is -0.212. The van der Waals surface area contributed by atoms with Crippen molar-refractivity contribution in [3.8, 4) is 0 Å². The highest BCUT2D eigenvalue weighted by atomic mass is 16.6. The zero-order valence-electron chi connectivity index (χ0n) is 23.7. The van der Waals surface area contributed by atoms with Crippen LogP contribution in [0.5, 0.6) is 0 Å². The van der Waals surface area contributed by atoms with Crippen molar-refractivity contribution in [2.24, 2.45) is 0 Å². The summed E-state index contributed by atoms with van der Waals surface area (Å²) in [5, 5.41) is 29.4. The highest BCUT2D eigenvalue weighted by molar-refractivity contribution is 6.07. The Kier molecular flexibility index (Phi) is 8.02. The lowest BCUT2D eigenvalue weighted by molar-refractivity contribution is -0.126. The maximum absolute atomic E-state index is 14.5. The topological polar surface area (TPSA) is 108 Å². The molecule has 7 nitrogen and oxygen atoms in total. The molecule has 3 aromatic carbocycles. The number of ether oxygens (including phenoxy) is 1. The van der Waals surface area contributed by atoms with Gasteiger partial charge in [0.15, 0.2) is 5.78 Å². The standard InChI is InChI=1S/C34H38N2O5/c1-33(2,3)41-32(40)36-27(18-22-12-6-4-7-13-22)31(39)34(20-23-14-8-5-9-15-23)30(38)26(21-35-34)29-25-17-11-10-16-24(25)19-28(29)37/h4-17,21,27-29,31,35,37,39H,18-20H2,1-3H3,(H,36,40)/t27-,28-,29+,31+,34-/m0/s1. The van der Waals surface area contributed by atoms with Crippen LogP contribution in [0.15, 0.2) is 96.7 Å². The molecule has 0 fully saturated rings. The molecule has 1 aliphatic heterocycles. The minimum Gasteiger partial charge on any atom is -0.444 e. The number of Topliss-reactive ketones (excluding diaryl/α,β-unsaturated/α-hetero) is 1. The number of hydrogen-bond donors (Lipinski definition) is 4. The van der Waals surface area contributed by atoms with Crippen LogP contribution >= 0.6 is 0 Å². The first-order valence-electron chi connectivity index (χ1n) is 14.1. The Bertz CT molecular complexity index is 1420. The molecule has 0 unspecified atom stereocenters. The summed E-state index contributed by atoms with van der Waals surface area (Å²) in [7, 11) is 0. The van der Waals surface area contributed by atoms with Crippen molar-refractivity contribution < 1.29 is 24.5 Å². The largest absolute Gasteiger partial charge is 0.444 e. The van der Waals surface area contributed by atoms with E-state index in [0.29, 0.717) is 12.0 Å². The second-order valence-corrected chi connectivity index (χ2v) is 12.0. The number of aliphatic hydroxyl groups is 2. The number of hydrogen-bond acceptors (Lipinski definition) is 6. The molecule has 2 aliphatic rings. The maximum Gasteiger partial charge on any atom is 0.407 e. The van der Waals surface area contributed by atoms with Gasteiger partial charge in [-0.2, -0.15) is 0 Å². The number of ketones is 1. The lowest BCUT2D eigenvalue weighted by Crippen LogP contribution is -2.65. The molecule has 5 atom stereocenters. The molecule has 1 amide bonds. The van der Waals surface area contributed by atoms with Crippen LogP contribution in [-0.2, 0) is 28.8 Å². The molecular weight excluding hydrogens is 516 g/mol. The summed E-state index contributed by atoms with van der Waals surface area (Å²) in [5.41, 5.74) is 1.87. The Morgan fingerprint density at radius 3 is 2.27 bits per heavy atom. The van der Waals surface area contributed by atoms with Gasteiger partial charge in [0.1, 0.15) is 17.2 Å². The van der Waals surface area contributed by atoms with Crippen molar-refractivity contribution in [2.75, 3.05) is 0 Å². The van der Waals surface area contributed by atoms with E-state index < -0.39 is 41.4 Å². The fraction of sp³-hybridized carbons (Fsp3) is 0.353. The van der Waals surface area contributed by atoms with Crippen LogP contribution in [0.3, 0.4) is 0 Å². The molecule has 1 heterocycles. The second-order valence-electron chi connectivity index (χ2n) is 12.0. The van der Waals surface area contributed by atoms with Gasteiger partial charge in [0, 0.05) is 24.1 Å². The molecular formula is C34H38N2O5. The number of benzene rings is 3. The molecule has 4 N–H and O–H groups in total. The maximum atomic E-state index is 14.5. The summed E-state index contributed by atoms with van der Waals surface area (Å²) in [6, 6.07) is 25.9. The number of fused-ring (bicyclic) bond motifs is 1. The van der Waals surface area contributed by atoms with Gasteiger partial charge in [0.25, 0.3) is 0 Å². The van der Waals surface area contributed by atoms with Crippen LogP contribution in [0.25, 0.3) is 0 Å². The second kappa shape index (κ2) is 11.5. The van der Waals surface area contributed by atoms with Gasteiger partial charge < -0.3 is 25.6 Å². The number of nitrogens with one attached hydrogen (secondary N) is 2. The van der Waals surface area contributed by atoms with Crippen molar-refractivity contribution in [1.82, 2.24) is 10.6 Å². The molecule has 0 saturated carbocycles. The summed E-state index contributed by atoms with van der Waals surface area (Å²) >= 11 is 0. The molecule has 0 radical (unpaired) electrons. The normalized spacial score (nSPS) is 23.2. The smallest absolute Gasteiger partial charge is 0.407 e. The Balaban J connectivity index is 1.52. The summed E-state index contributed by atoms with van der Waals surface area (Å²) in [5.74, 6) is -0.805. The van der Waals surface area contributed by atoms with Crippen LogP contribution in [0.4, 0.5) is 4.79 Å². The van der Waals surface area contributed by atoms with E-state index in [0.717, 1.165) is 22.3 Å². The number of alkyl carbamates (subject to hydrolysis) is 1. The van der Waals surface area contributed by atoms with Crippen LogP contribution in [-0.4, -0.2) is 51.5 Å². The quantitative estimate of drug-likeness (QED) is 0.332. The van der Waals surface area contributed by atoms with Crippen LogP contribution in [0, 0.1) is 0 Å². The van der Waals surface area contributed by atoms with Crippen molar-refractivity contribution in [3.63, 3.8) is 0 Å². The molecule has 0 aromatic heterocycles. The zero-order valence-corrected chi connectivity index (χ0v) is 23.7. The zero-order chi connectivity index (χ0) is 29.2. The predicted octanol–water partition coefficient (Wildman–Crippen LogP) is 4.22. The number of carbonyl (C=O) groups excluding carboxylic acids is 2. The summed E-state index contributed by atoms with van der Waals surface area (Å²) in [4.78, 5) is 27.5. The highest BCUT2D eigenvalue weighted by Gasteiger charge is 2.54. The first-order chi connectivity index (χ1) is 19.6. The summed E-state index contributed by atoms with van der Waals surface area (Å²) < 4.78 is 5.54. The van der Waals surface area contributed by atoms with Crippen molar-refractivity contribution in [2.45, 2.75) is 75.3 Å². The van der Waals surface area contributed by atoms with Gasteiger partial charge in [-0.3, -0.25) is 4.79 Å². The van der Waals surface area contributed by atoms with Crippen LogP contribution in [0.1, 0.15) is 48.9 Å². The first kappa shape index (κ1) is 28.6. The Labute approximate surface area is 241 Å². The van der Waals surface area contributed by atoms with Gasteiger partial charge in [-0.25, -0.2) is 4.79 Å². The van der Waals surface area contributed by atoms with E-state index in [1.165, 1.54) is 0 Å². The number of carbonyl (C=O) groups is 2. The molecule has 3 aromatic rings. The molecule has 0 spiro atoms. The number of rotatable bonds is 8. The van der Waals surface area contributed by atoms with Gasteiger partial charge in [-0.15, -0.1) is 0 Å². The predicted molar refractivity (Wildman–Crippen MR) is 157 cm³/mol. The molecule has 0 bridgehead atoms. The Hall–Kier alpha value is -3.94. The molecule has 214 valence electrons. The minimum absolute atomic E-state index is 0.180. The van der Waals surface area contributed by atoms with E-state index in [9.17, 15) is 19.8 Å². The molecule has 1 aliphatic carbocycles. The van der Waals surface area contributed by atoms with E-state index in [4.69, 9.17) is 4.74 Å². The average Bonchev–Trinajstić information content (AvgIpc) is 3.43. The van der Waals surface area contributed by atoms with E-state index in [1.807, 2.05) is 84.9 Å². The molecule has 7 heteroatoms. The Morgan fingerprint density at radius 1 is 1.00 bits per heavy atom. The van der Waals surface area contributed by atoms with E-state index in [1.54, 1.807) is 27.0 Å². The van der Waals surface area contributed by atoms with Gasteiger partial charge in [-0.1, -0.05) is 84.9 Å².